The van der Waals surface area contributed by atoms with Crippen molar-refractivity contribution in [1.82, 2.24) is 0 Å². The molecule has 1 rings (SSSR count). The predicted octanol–water partition coefficient (Wildman–Crippen LogP) is 1.53. The van der Waals surface area contributed by atoms with Crippen molar-refractivity contribution in [2.45, 2.75) is 34.7 Å². The van der Waals surface area contributed by atoms with Gasteiger partial charge >= 0.3 is 0 Å². The Morgan fingerprint density at radius 2 is 2.06 bits per heavy atom. The van der Waals surface area contributed by atoms with Gasteiger partial charge in [0, 0.05) is 6.07 Å². The van der Waals surface area contributed by atoms with Crippen molar-refractivity contribution in [3.8, 4) is 0 Å². The van der Waals surface area contributed by atoms with Gasteiger partial charge in [0.1, 0.15) is 11.2 Å². The molecule has 0 amide bonds. The van der Waals surface area contributed by atoms with Gasteiger partial charge in [-0.3, -0.25) is 4.79 Å². The highest BCUT2D eigenvalue weighted by molar-refractivity contribution is 5.33. The Balaban J connectivity index is 0. The van der Waals surface area contributed by atoms with Crippen LogP contribution in [-0.4, -0.2) is 0 Å². The van der Waals surface area contributed by atoms with Crippen molar-refractivity contribution in [2.24, 2.45) is 5.73 Å². The SMILES string of the molecule is C.C=c1c(=O)cc(CN)o/c1=C/C=C\C.CC. The summed E-state index contributed by atoms with van der Waals surface area (Å²) in [5.41, 5.74) is 5.70. The molecule has 0 unspecified atom stereocenters. The smallest absolute Gasteiger partial charge is 0.192 e. The zero-order valence-electron chi connectivity index (χ0n) is 10.1. The van der Waals surface area contributed by atoms with E-state index in [1.165, 1.54) is 6.07 Å². The molecule has 2 N–H and O–H groups in total. The van der Waals surface area contributed by atoms with E-state index in [1.807, 2.05) is 26.8 Å². The number of nitrogens with two attached hydrogens (primary N) is 1. The molecule has 17 heavy (non-hydrogen) atoms. The van der Waals surface area contributed by atoms with Crippen LogP contribution in [0.3, 0.4) is 0 Å². The van der Waals surface area contributed by atoms with E-state index in [0.29, 0.717) is 16.4 Å². The lowest BCUT2D eigenvalue weighted by Crippen LogP contribution is -2.37. The molecule has 0 atom stereocenters. The molecule has 96 valence electrons. The number of hydrogen-bond acceptors (Lipinski definition) is 3. The maximum absolute atomic E-state index is 11.4. The monoisotopic (exact) mass is 237 g/mol. The molecule has 1 heterocycles. The summed E-state index contributed by atoms with van der Waals surface area (Å²) in [7, 11) is 0. The van der Waals surface area contributed by atoms with Crippen molar-refractivity contribution in [2.75, 3.05) is 0 Å². The first-order chi connectivity index (χ1) is 7.69. The molecule has 1 aromatic rings. The molecule has 0 aliphatic heterocycles. The summed E-state index contributed by atoms with van der Waals surface area (Å²) < 4.78 is 5.35. The first-order valence-electron chi connectivity index (χ1n) is 5.34. The lowest BCUT2D eigenvalue weighted by Gasteiger charge is -1.94. The van der Waals surface area contributed by atoms with Gasteiger partial charge in [-0.2, -0.15) is 0 Å². The second-order valence-electron chi connectivity index (χ2n) is 2.82. The van der Waals surface area contributed by atoms with Gasteiger partial charge < -0.3 is 10.2 Å². The van der Waals surface area contributed by atoms with Crippen molar-refractivity contribution in [1.29, 1.82) is 0 Å². The molecular formula is C14H23NO2. The summed E-state index contributed by atoms with van der Waals surface area (Å²) in [5.74, 6) is 0.471. The van der Waals surface area contributed by atoms with Gasteiger partial charge in [-0.05, 0) is 13.0 Å². The van der Waals surface area contributed by atoms with Crippen molar-refractivity contribution in [3.05, 3.63) is 44.8 Å². The van der Waals surface area contributed by atoms with Crippen LogP contribution < -0.4 is 21.8 Å². The molecule has 3 nitrogen and oxygen atoms in total. The number of allylic oxidation sites excluding steroid dienone is 2. The van der Waals surface area contributed by atoms with Crippen molar-refractivity contribution < 1.29 is 4.42 Å². The maximum atomic E-state index is 11.4. The minimum absolute atomic E-state index is 0. The van der Waals surface area contributed by atoms with E-state index in [-0.39, 0.29) is 19.4 Å². The summed E-state index contributed by atoms with van der Waals surface area (Å²) >= 11 is 0. The van der Waals surface area contributed by atoms with Crippen LogP contribution in [0, 0.1) is 0 Å². The highest BCUT2D eigenvalue weighted by Crippen LogP contribution is 1.85. The van der Waals surface area contributed by atoms with Gasteiger partial charge in [-0.25, -0.2) is 0 Å². The summed E-state index contributed by atoms with van der Waals surface area (Å²) in [4.78, 5) is 11.4. The van der Waals surface area contributed by atoms with Crippen LogP contribution in [0.4, 0.5) is 0 Å². The standard InChI is InChI=1S/C11H13NO2.C2H6.CH4/c1-3-4-5-11-8(2)10(13)6-9(7-12)14-11;1-2;/h3-6H,2,7,12H2,1H3;1-2H3;1H4/b4-3-,11-5+;;. The molecule has 0 saturated carbocycles. The molecule has 0 aromatic carbocycles. The van der Waals surface area contributed by atoms with Crippen LogP contribution >= 0.6 is 0 Å². The Labute approximate surface area is 103 Å². The normalized spacial score (nSPS) is 10.7. The first-order valence-corrected chi connectivity index (χ1v) is 5.34. The summed E-state index contributed by atoms with van der Waals surface area (Å²) in [6.07, 6.45) is 5.32. The molecular weight excluding hydrogens is 214 g/mol. The molecule has 1 aromatic heterocycles. The molecule has 0 bridgehead atoms. The van der Waals surface area contributed by atoms with Crippen LogP contribution in [0.2, 0.25) is 0 Å². The Bertz CT molecular complexity index is 498. The zero-order valence-corrected chi connectivity index (χ0v) is 10.1. The quantitative estimate of drug-likeness (QED) is 0.848. The second-order valence-corrected chi connectivity index (χ2v) is 2.82. The number of rotatable bonds is 2. The van der Waals surface area contributed by atoms with Gasteiger partial charge in [0.25, 0.3) is 0 Å². The van der Waals surface area contributed by atoms with Crippen molar-refractivity contribution >= 4 is 12.7 Å². The second kappa shape index (κ2) is 9.60. The van der Waals surface area contributed by atoms with E-state index in [4.69, 9.17) is 10.2 Å². The summed E-state index contributed by atoms with van der Waals surface area (Å²) in [6, 6.07) is 1.37. The van der Waals surface area contributed by atoms with E-state index in [1.54, 1.807) is 12.2 Å². The average Bonchev–Trinajstić information content (AvgIpc) is 2.33. The molecule has 0 radical (unpaired) electrons. The van der Waals surface area contributed by atoms with Gasteiger partial charge in [-0.15, -0.1) is 0 Å². The van der Waals surface area contributed by atoms with E-state index >= 15 is 0 Å². The topological polar surface area (TPSA) is 56.2 Å². The lowest BCUT2D eigenvalue weighted by molar-refractivity contribution is 0.459. The third kappa shape index (κ3) is 5.31. The third-order valence-electron chi connectivity index (χ3n) is 1.77. The van der Waals surface area contributed by atoms with Crippen LogP contribution in [-0.2, 0) is 6.54 Å². The minimum Gasteiger partial charge on any atom is -0.459 e. The van der Waals surface area contributed by atoms with E-state index < -0.39 is 0 Å². The first kappa shape index (κ1) is 17.8. The zero-order chi connectivity index (χ0) is 12.6. The van der Waals surface area contributed by atoms with Gasteiger partial charge in [0.15, 0.2) is 5.43 Å². The summed E-state index contributed by atoms with van der Waals surface area (Å²) in [5, 5.41) is 0.361. The van der Waals surface area contributed by atoms with Gasteiger partial charge in [0.2, 0.25) is 0 Å². The van der Waals surface area contributed by atoms with E-state index in [9.17, 15) is 4.79 Å². The fraction of sp³-hybridized carbons (Fsp3) is 0.357. The minimum atomic E-state index is -0.146. The Hall–Kier alpha value is -1.61. The highest BCUT2D eigenvalue weighted by Gasteiger charge is 1.96. The average molecular weight is 237 g/mol. The van der Waals surface area contributed by atoms with Crippen LogP contribution in [0.5, 0.6) is 0 Å². The molecule has 3 heteroatoms. The Morgan fingerprint density at radius 1 is 1.47 bits per heavy atom. The lowest BCUT2D eigenvalue weighted by atomic mass is 10.3. The Morgan fingerprint density at radius 3 is 2.53 bits per heavy atom. The van der Waals surface area contributed by atoms with Crippen molar-refractivity contribution in [3.63, 3.8) is 0 Å². The predicted molar refractivity (Wildman–Crippen MR) is 75.0 cm³/mol. The van der Waals surface area contributed by atoms with Crippen LogP contribution in [0.15, 0.2) is 27.4 Å². The fourth-order valence-corrected chi connectivity index (χ4v) is 1.01. The van der Waals surface area contributed by atoms with E-state index in [2.05, 4.69) is 6.58 Å². The largest absolute Gasteiger partial charge is 0.459 e. The molecule has 0 aliphatic rings. The maximum Gasteiger partial charge on any atom is 0.192 e. The van der Waals surface area contributed by atoms with Crippen LogP contribution in [0.1, 0.15) is 34.0 Å². The Kier molecular flexibility index (Phi) is 10.0. The molecule has 0 fully saturated rings. The highest BCUT2D eigenvalue weighted by atomic mass is 16.3. The van der Waals surface area contributed by atoms with Gasteiger partial charge in [0.05, 0.1) is 11.8 Å². The third-order valence-corrected chi connectivity index (χ3v) is 1.77. The fourth-order valence-electron chi connectivity index (χ4n) is 1.01. The summed E-state index contributed by atoms with van der Waals surface area (Å²) in [6.45, 7) is 9.73. The molecule has 0 spiro atoms. The van der Waals surface area contributed by atoms with E-state index in [0.717, 1.165) is 0 Å². The van der Waals surface area contributed by atoms with Gasteiger partial charge in [-0.1, -0.05) is 40.0 Å². The molecule has 0 saturated heterocycles. The molecule has 0 aliphatic carbocycles. The number of hydrogen-bond donors (Lipinski definition) is 1. The van der Waals surface area contributed by atoms with Crippen LogP contribution in [0.25, 0.3) is 12.7 Å².